The van der Waals surface area contributed by atoms with E-state index in [2.05, 4.69) is 50.0 Å². The zero-order chi connectivity index (χ0) is 26.9. The minimum Gasteiger partial charge on any atom is -0.512 e. The van der Waals surface area contributed by atoms with Crippen molar-refractivity contribution in [3.8, 4) is 11.3 Å². The van der Waals surface area contributed by atoms with E-state index in [0.29, 0.717) is 0 Å². The predicted molar refractivity (Wildman–Crippen MR) is 148 cm³/mol. The van der Waals surface area contributed by atoms with Gasteiger partial charge in [-0.05, 0) is 47.6 Å². The van der Waals surface area contributed by atoms with Crippen LogP contribution < -0.4 is 0 Å². The second-order valence-corrected chi connectivity index (χ2v) is 12.9. The number of hydrogen-bond acceptors (Lipinski definition) is 4. The Morgan fingerprint density at radius 1 is 1.00 bits per heavy atom. The van der Waals surface area contributed by atoms with Crippen molar-refractivity contribution in [2.75, 3.05) is 0 Å². The molecular formula is C32H42IrNO3-. The molecule has 0 atom stereocenters. The van der Waals surface area contributed by atoms with Crippen LogP contribution in [0.4, 0.5) is 0 Å². The van der Waals surface area contributed by atoms with E-state index < -0.39 is 5.41 Å². The van der Waals surface area contributed by atoms with Crippen LogP contribution in [0.25, 0.3) is 22.2 Å². The van der Waals surface area contributed by atoms with Gasteiger partial charge in [-0.2, -0.15) is 0 Å². The number of aromatic nitrogens is 1. The minimum absolute atomic E-state index is 0. The van der Waals surface area contributed by atoms with Gasteiger partial charge in [-0.15, -0.1) is 18.2 Å². The van der Waals surface area contributed by atoms with E-state index in [1.54, 1.807) is 0 Å². The summed E-state index contributed by atoms with van der Waals surface area (Å²) in [6.45, 7) is 17.8. The number of pyridine rings is 1. The van der Waals surface area contributed by atoms with Crippen LogP contribution in [0.5, 0.6) is 0 Å². The summed E-state index contributed by atoms with van der Waals surface area (Å²) in [5.41, 5.74) is 4.92. The summed E-state index contributed by atoms with van der Waals surface area (Å²) in [4.78, 5) is 16.1. The largest absolute Gasteiger partial charge is 0.512 e. The van der Waals surface area contributed by atoms with Crippen LogP contribution in [0.1, 0.15) is 92.0 Å². The van der Waals surface area contributed by atoms with E-state index >= 15 is 0 Å². The first kappa shape index (κ1) is 31.0. The normalized spacial score (nSPS) is 14.4. The zero-order valence-corrected chi connectivity index (χ0v) is 26.2. The van der Waals surface area contributed by atoms with Gasteiger partial charge >= 0.3 is 0 Å². The Labute approximate surface area is 236 Å². The van der Waals surface area contributed by atoms with Gasteiger partial charge in [-0.1, -0.05) is 79.3 Å². The number of nitrogens with zero attached hydrogens (tertiary/aromatic N) is 1. The van der Waals surface area contributed by atoms with Gasteiger partial charge in [0.15, 0.2) is 5.78 Å². The first-order valence-corrected chi connectivity index (χ1v) is 13.0. The summed E-state index contributed by atoms with van der Waals surface area (Å²) >= 11 is 0. The fraction of sp³-hybridized carbons (Fsp3) is 0.500. The molecule has 4 rings (SSSR count). The molecule has 0 amide bonds. The molecule has 1 aromatic carbocycles. The van der Waals surface area contributed by atoms with Crippen molar-refractivity contribution in [2.24, 2.45) is 10.8 Å². The Morgan fingerprint density at radius 2 is 1.65 bits per heavy atom. The number of carbonyl (C=O) groups excluding carboxylic acids is 1. The van der Waals surface area contributed by atoms with Crippen molar-refractivity contribution >= 4 is 16.8 Å². The molecule has 3 aromatic rings. The number of fused-ring (bicyclic) bond motifs is 3. The first-order valence-electron chi connectivity index (χ1n) is 13.0. The number of benzene rings is 1. The number of carbonyl (C=O) groups is 1. The molecular weight excluding hydrogens is 639 g/mol. The number of aryl methyl sites for hydroxylation is 2. The molecule has 0 saturated carbocycles. The second kappa shape index (κ2) is 11.7. The Morgan fingerprint density at radius 3 is 2.24 bits per heavy atom. The minimum atomic E-state index is -0.417. The van der Waals surface area contributed by atoms with Crippen LogP contribution >= 0.6 is 0 Å². The molecule has 203 valence electrons. The molecule has 37 heavy (non-hydrogen) atoms. The van der Waals surface area contributed by atoms with Crippen molar-refractivity contribution in [3.63, 3.8) is 0 Å². The Bertz CT molecular complexity index is 1260. The van der Waals surface area contributed by atoms with Crippen LogP contribution in [-0.2, 0) is 43.2 Å². The van der Waals surface area contributed by atoms with Crippen LogP contribution in [-0.4, -0.2) is 15.9 Å². The molecule has 0 unspecified atom stereocenters. The average Bonchev–Trinajstić information content (AvgIpc) is 3.16. The van der Waals surface area contributed by atoms with Crippen LogP contribution in [0.3, 0.4) is 0 Å². The summed E-state index contributed by atoms with van der Waals surface area (Å²) in [6.07, 6.45) is 7.89. The molecule has 1 radical (unpaired) electrons. The maximum atomic E-state index is 11.5. The predicted octanol–water partition coefficient (Wildman–Crippen LogP) is 8.56. The van der Waals surface area contributed by atoms with Crippen molar-refractivity contribution in [3.05, 3.63) is 65.3 Å². The quantitative estimate of drug-likeness (QED) is 0.167. The number of hydrogen-bond donors (Lipinski definition) is 1. The van der Waals surface area contributed by atoms with Crippen LogP contribution in [0, 0.1) is 16.9 Å². The van der Waals surface area contributed by atoms with Crippen molar-refractivity contribution < 1.29 is 34.4 Å². The number of rotatable bonds is 2. The third kappa shape index (κ3) is 7.65. The molecule has 0 bridgehead atoms. The average molecular weight is 681 g/mol. The Balaban J connectivity index is 0.000000299. The second-order valence-electron chi connectivity index (χ2n) is 12.9. The SMILES string of the molecule is CC(C)(C)C(=O)/C=C(\O)C(C)(C)C.CC(C)(C)c1ccnc(-c2[c-]ccc3c4c(oc23)CCCC4)c1.[Ir]. The van der Waals surface area contributed by atoms with Gasteiger partial charge in [0, 0.05) is 49.6 Å². The molecule has 1 aliphatic carbocycles. The molecule has 1 aliphatic rings. The molecule has 4 nitrogen and oxygen atoms in total. The fourth-order valence-electron chi connectivity index (χ4n) is 4.01. The van der Waals surface area contributed by atoms with Crippen LogP contribution in [0.15, 0.2) is 46.7 Å². The van der Waals surface area contributed by atoms with Gasteiger partial charge in [0.25, 0.3) is 0 Å². The number of ketones is 1. The van der Waals surface area contributed by atoms with E-state index in [9.17, 15) is 9.90 Å². The van der Waals surface area contributed by atoms with Crippen molar-refractivity contribution in [1.82, 2.24) is 4.98 Å². The van der Waals surface area contributed by atoms with Crippen molar-refractivity contribution in [1.29, 1.82) is 0 Å². The number of aliphatic hydroxyl groups is 1. The summed E-state index contributed by atoms with van der Waals surface area (Å²) in [6, 6.07) is 11.8. The summed E-state index contributed by atoms with van der Waals surface area (Å²) < 4.78 is 6.23. The van der Waals surface area contributed by atoms with Crippen LogP contribution in [0.2, 0.25) is 0 Å². The number of aliphatic hydroxyl groups excluding tert-OH is 1. The molecule has 0 saturated heterocycles. The maximum absolute atomic E-state index is 11.5. The molecule has 0 aliphatic heterocycles. The van der Waals surface area contributed by atoms with Gasteiger partial charge in [-0.3, -0.25) is 4.79 Å². The summed E-state index contributed by atoms with van der Waals surface area (Å²) in [5, 5.41) is 10.8. The fourth-order valence-corrected chi connectivity index (χ4v) is 4.01. The Hall–Kier alpha value is -2.23. The van der Waals surface area contributed by atoms with Gasteiger partial charge < -0.3 is 14.5 Å². The van der Waals surface area contributed by atoms with Gasteiger partial charge in [-0.25, -0.2) is 0 Å². The van der Waals surface area contributed by atoms with E-state index in [1.165, 1.54) is 41.2 Å². The summed E-state index contributed by atoms with van der Waals surface area (Å²) in [7, 11) is 0. The molecule has 5 heteroatoms. The molecule has 0 spiro atoms. The molecule has 1 N–H and O–H groups in total. The van der Waals surface area contributed by atoms with Gasteiger partial charge in [0.2, 0.25) is 0 Å². The first-order chi connectivity index (χ1) is 16.6. The molecule has 0 fully saturated rings. The number of furan rings is 1. The number of allylic oxidation sites excluding steroid dienone is 2. The third-order valence-electron chi connectivity index (χ3n) is 6.57. The van der Waals surface area contributed by atoms with Gasteiger partial charge in [0.05, 0.1) is 11.3 Å². The summed E-state index contributed by atoms with van der Waals surface area (Å²) in [5.74, 6) is 1.27. The smallest absolute Gasteiger partial charge is 0.164 e. The molecule has 2 aromatic heterocycles. The van der Waals surface area contributed by atoms with Gasteiger partial charge in [0.1, 0.15) is 5.76 Å². The van der Waals surface area contributed by atoms with E-state index in [1.807, 2.05) is 53.8 Å². The van der Waals surface area contributed by atoms with E-state index in [0.717, 1.165) is 29.7 Å². The topological polar surface area (TPSA) is 63.3 Å². The monoisotopic (exact) mass is 681 g/mol. The Kier molecular flexibility index (Phi) is 9.77. The van der Waals surface area contributed by atoms with E-state index in [-0.39, 0.29) is 42.5 Å². The van der Waals surface area contributed by atoms with Crippen molar-refractivity contribution in [2.45, 2.75) is 93.4 Å². The standard InChI is InChI=1S/C21H22NO.C11H20O2.Ir/c1-21(2,3)14-11-12-22-18(13-14)17-9-6-8-16-15-7-4-5-10-19(15)23-20(16)17;1-10(2,3)8(12)7-9(13)11(4,5)6;/h6,8,11-13H,4-5,7,10H2,1-3H3;7,12H,1-6H3;/q-1;;/b;8-7-;. The maximum Gasteiger partial charge on any atom is 0.164 e. The molecule has 2 heterocycles. The third-order valence-corrected chi connectivity index (χ3v) is 6.57. The zero-order valence-electron chi connectivity index (χ0n) is 23.8. The van der Waals surface area contributed by atoms with E-state index in [4.69, 9.17) is 4.42 Å².